The highest BCUT2D eigenvalue weighted by molar-refractivity contribution is 7.91. The maximum atomic E-state index is 15.0. The number of aliphatic hydroxyl groups excluding tert-OH is 1. The molecule has 0 aliphatic heterocycles. The molecule has 1 aliphatic rings. The zero-order valence-electron chi connectivity index (χ0n) is 19.6. The quantitative estimate of drug-likeness (QED) is 0.349. The highest BCUT2D eigenvalue weighted by atomic mass is 32.2. The second kappa shape index (κ2) is 10.6. The van der Waals surface area contributed by atoms with Crippen molar-refractivity contribution in [3.8, 4) is 11.1 Å². The molecule has 0 bridgehead atoms. The second-order valence-corrected chi connectivity index (χ2v) is 12.0. The molecule has 9 nitrogen and oxygen atoms in total. The van der Waals surface area contributed by atoms with Crippen LogP contribution in [0.3, 0.4) is 0 Å². The lowest BCUT2D eigenvalue weighted by atomic mass is 10.0. The van der Waals surface area contributed by atoms with Gasteiger partial charge in [-0.3, -0.25) is 14.4 Å². The number of amides is 2. The van der Waals surface area contributed by atoms with Crippen molar-refractivity contribution in [3.05, 3.63) is 52.5 Å². The van der Waals surface area contributed by atoms with Crippen molar-refractivity contribution in [2.75, 3.05) is 19.4 Å². The number of carbonyl (C=O) groups excluding carboxylic acids is 3. The number of hydrogen-bond donors (Lipinski definition) is 3. The number of Topliss-reactive ketones (excluding diaryl/α,β-unsaturated/α-hetero) is 1. The molecule has 1 aliphatic carbocycles. The van der Waals surface area contributed by atoms with E-state index >= 15 is 0 Å². The highest BCUT2D eigenvalue weighted by Crippen LogP contribution is 2.35. The Hall–Kier alpha value is -3.29. The Labute approximate surface area is 214 Å². The second-order valence-electron chi connectivity index (χ2n) is 8.80. The first-order valence-electron chi connectivity index (χ1n) is 11.2. The molecule has 3 aromatic rings. The van der Waals surface area contributed by atoms with Crippen molar-refractivity contribution in [3.63, 3.8) is 0 Å². The van der Waals surface area contributed by atoms with Crippen molar-refractivity contribution in [1.82, 2.24) is 15.6 Å². The fourth-order valence-electron chi connectivity index (χ4n) is 3.68. The zero-order chi connectivity index (χ0) is 26.9. The minimum Gasteiger partial charge on any atom is -0.389 e. The largest absolute Gasteiger partial charge is 0.389 e. The average Bonchev–Trinajstić information content (AvgIpc) is 3.54. The number of fused-ring (bicyclic) bond motifs is 1. The predicted octanol–water partition coefficient (Wildman–Crippen LogP) is 1.83. The van der Waals surface area contributed by atoms with Crippen molar-refractivity contribution in [2.24, 2.45) is 0 Å². The molecule has 1 heterocycles. The third-order valence-corrected chi connectivity index (χ3v) is 8.20. The maximum Gasteiger partial charge on any atom is 0.245 e. The number of thiazole rings is 1. The van der Waals surface area contributed by atoms with Crippen LogP contribution in [-0.4, -0.2) is 61.6 Å². The van der Waals surface area contributed by atoms with Crippen LogP contribution in [0.15, 0.2) is 30.3 Å². The van der Waals surface area contributed by atoms with Gasteiger partial charge in [0.25, 0.3) is 0 Å². The van der Waals surface area contributed by atoms with Crippen molar-refractivity contribution in [1.29, 1.82) is 0 Å². The summed E-state index contributed by atoms with van der Waals surface area (Å²) in [5.41, 5.74) is 0.392. The first-order valence-corrected chi connectivity index (χ1v) is 14.0. The van der Waals surface area contributed by atoms with E-state index in [4.69, 9.17) is 5.11 Å². The molecule has 1 atom stereocenters. The van der Waals surface area contributed by atoms with Crippen molar-refractivity contribution < 1.29 is 36.7 Å². The SMILES string of the molecule is CS(=O)(=O)C(C(=O)NCC(=O)NC1CC1)c1nc2cc(-c3ccc(CC(=O)CO)c(F)c3)c(F)cc2s1. The van der Waals surface area contributed by atoms with Crippen LogP contribution < -0.4 is 10.6 Å². The van der Waals surface area contributed by atoms with E-state index in [9.17, 15) is 31.6 Å². The lowest BCUT2D eigenvalue weighted by Gasteiger charge is -2.12. The zero-order valence-corrected chi connectivity index (χ0v) is 21.2. The Morgan fingerprint density at radius 3 is 2.51 bits per heavy atom. The molecule has 1 aromatic heterocycles. The van der Waals surface area contributed by atoms with Gasteiger partial charge < -0.3 is 15.7 Å². The lowest BCUT2D eigenvalue weighted by molar-refractivity contribution is -0.126. The van der Waals surface area contributed by atoms with E-state index in [1.165, 1.54) is 18.2 Å². The van der Waals surface area contributed by atoms with Crippen molar-refractivity contribution in [2.45, 2.75) is 30.6 Å². The summed E-state index contributed by atoms with van der Waals surface area (Å²) in [7, 11) is -4.00. The van der Waals surface area contributed by atoms with Gasteiger partial charge in [0.15, 0.2) is 20.9 Å². The molecule has 37 heavy (non-hydrogen) atoms. The highest BCUT2D eigenvalue weighted by Gasteiger charge is 2.34. The Balaban J connectivity index is 1.62. The number of hydrogen-bond acceptors (Lipinski definition) is 8. The third kappa shape index (κ3) is 6.35. The summed E-state index contributed by atoms with van der Waals surface area (Å²) in [4.78, 5) is 40.3. The van der Waals surface area contributed by atoms with E-state index in [1.807, 2.05) is 0 Å². The summed E-state index contributed by atoms with van der Waals surface area (Å²) >= 11 is 0.822. The number of aliphatic hydroxyl groups is 1. The topological polar surface area (TPSA) is 143 Å². The van der Waals surface area contributed by atoms with E-state index in [2.05, 4.69) is 15.6 Å². The molecule has 2 amide bonds. The Kier molecular flexibility index (Phi) is 7.67. The molecule has 196 valence electrons. The van der Waals surface area contributed by atoms with Gasteiger partial charge in [-0.1, -0.05) is 12.1 Å². The average molecular weight is 552 g/mol. The number of carbonyl (C=O) groups is 3. The number of rotatable bonds is 10. The molecule has 3 N–H and O–H groups in total. The normalized spacial score (nSPS) is 14.4. The summed E-state index contributed by atoms with van der Waals surface area (Å²) < 4.78 is 54.6. The molecule has 13 heteroatoms. The number of halogens is 2. The van der Waals surface area contributed by atoms with Gasteiger partial charge >= 0.3 is 0 Å². The number of nitrogens with zero attached hydrogens (tertiary/aromatic N) is 1. The standard InChI is InChI=1S/C24H23F2N3O6S2/c1-37(34,35)22(23(33)27-10-21(32)28-14-4-5-14)24-29-19-8-16(18(26)9-20(19)36-24)12-2-3-13(17(25)7-12)6-15(31)11-30/h2-3,7-9,14,22,30H,4-6,10-11H2,1H3,(H,27,33)(H,28,32). The summed E-state index contributed by atoms with van der Waals surface area (Å²) in [6.45, 7) is -1.12. The molecule has 4 rings (SSSR count). The van der Waals surface area contributed by atoms with Crippen LogP contribution in [0.5, 0.6) is 0 Å². The van der Waals surface area contributed by atoms with Gasteiger partial charge in [0.1, 0.15) is 23.2 Å². The van der Waals surface area contributed by atoms with Gasteiger partial charge in [-0.2, -0.15) is 0 Å². The van der Waals surface area contributed by atoms with Gasteiger partial charge in [-0.15, -0.1) is 11.3 Å². The smallest absolute Gasteiger partial charge is 0.245 e. The van der Waals surface area contributed by atoms with Crippen LogP contribution in [0.2, 0.25) is 0 Å². The molecular weight excluding hydrogens is 528 g/mol. The molecule has 0 spiro atoms. The molecule has 1 fully saturated rings. The van der Waals surface area contributed by atoms with Crippen LogP contribution in [0.1, 0.15) is 28.7 Å². The van der Waals surface area contributed by atoms with Gasteiger partial charge in [0.05, 0.1) is 16.8 Å². The summed E-state index contributed by atoms with van der Waals surface area (Å²) in [5, 5.41) is 12.1. The summed E-state index contributed by atoms with van der Waals surface area (Å²) in [6.07, 6.45) is 2.27. The summed E-state index contributed by atoms with van der Waals surface area (Å²) in [5.74, 6) is -3.40. The summed E-state index contributed by atoms with van der Waals surface area (Å²) in [6, 6.07) is 6.30. The van der Waals surface area contributed by atoms with Crippen molar-refractivity contribution >= 4 is 49.0 Å². The van der Waals surface area contributed by atoms with Gasteiger partial charge in [-0.05, 0) is 42.2 Å². The molecule has 2 aromatic carbocycles. The Morgan fingerprint density at radius 1 is 1.16 bits per heavy atom. The van der Waals surface area contributed by atoms with Crippen LogP contribution in [0, 0.1) is 11.6 Å². The molecule has 1 saturated carbocycles. The Morgan fingerprint density at radius 2 is 1.89 bits per heavy atom. The fourth-order valence-corrected chi connectivity index (χ4v) is 6.20. The van der Waals surface area contributed by atoms with Crippen LogP contribution in [0.4, 0.5) is 8.78 Å². The first-order chi connectivity index (χ1) is 17.5. The minimum atomic E-state index is -4.00. The van der Waals surface area contributed by atoms with Crippen LogP contribution in [0.25, 0.3) is 21.3 Å². The van der Waals surface area contributed by atoms with E-state index in [-0.39, 0.29) is 44.4 Å². The predicted molar refractivity (Wildman–Crippen MR) is 133 cm³/mol. The van der Waals surface area contributed by atoms with Crippen LogP contribution >= 0.6 is 11.3 Å². The van der Waals surface area contributed by atoms with E-state index in [0.29, 0.717) is 0 Å². The number of sulfone groups is 1. The molecular formula is C24H23F2N3O6S2. The third-order valence-electron chi connectivity index (χ3n) is 5.68. The van der Waals surface area contributed by atoms with Gasteiger partial charge in [0, 0.05) is 24.3 Å². The van der Waals surface area contributed by atoms with Gasteiger partial charge in [0.2, 0.25) is 11.8 Å². The number of nitrogens with one attached hydrogen (secondary N) is 2. The molecule has 0 saturated heterocycles. The van der Waals surface area contributed by atoms with E-state index in [0.717, 1.165) is 42.6 Å². The van der Waals surface area contributed by atoms with E-state index < -0.39 is 57.5 Å². The minimum absolute atomic E-state index is 0.0135. The lowest BCUT2D eigenvalue weighted by Crippen LogP contribution is -2.41. The fraction of sp³-hybridized carbons (Fsp3) is 0.333. The first kappa shape index (κ1) is 26.8. The van der Waals surface area contributed by atoms with Crippen LogP contribution in [-0.2, 0) is 30.6 Å². The molecule has 0 radical (unpaired) electrons. The number of ketones is 1. The Bertz CT molecular complexity index is 1500. The van der Waals surface area contributed by atoms with Gasteiger partial charge in [-0.25, -0.2) is 22.2 Å². The number of aromatic nitrogens is 1. The van der Waals surface area contributed by atoms with E-state index in [1.54, 1.807) is 0 Å². The molecule has 1 unspecified atom stereocenters. The maximum absolute atomic E-state index is 15.0. The number of benzene rings is 2. The monoisotopic (exact) mass is 551 g/mol.